The fraction of sp³-hybridized carbons (Fsp3) is 0.286. The standard InChI is InChI=1S/C49H53N5O7S2Si/c1-48(2,3)64(6,7)61-29-17-18-34-31-62-45-41(44(56)54(45)42(34)46(57)60-30-33-25-27-38(58-4)28-26-33)51-43(55)40(53-59-5)39-32-63-47(50-39)52-49(35-19-11-8-12-20-35,36-21-13-9-14-22-36)37-23-15-10-16-24-37/h8-28,32,41,45H,29-31H2,1-7H3,(H,50,52)(H,51,55)/b18-17-,53-40+/t41?,45-/m1/s1. The van der Waals surface area contributed by atoms with Crippen molar-refractivity contribution in [3.63, 3.8) is 0 Å². The van der Waals surface area contributed by atoms with Gasteiger partial charge in [0.1, 0.15) is 47.8 Å². The van der Waals surface area contributed by atoms with Crippen LogP contribution in [0.15, 0.2) is 149 Å². The zero-order chi connectivity index (χ0) is 45.5. The molecule has 4 aromatic carbocycles. The average Bonchev–Trinajstić information content (AvgIpc) is 3.77. The number of anilines is 1. The van der Waals surface area contributed by atoms with Crippen LogP contribution in [0.3, 0.4) is 0 Å². The number of β-lactam (4-membered cyclic amide) rings is 1. The van der Waals surface area contributed by atoms with Crippen molar-refractivity contribution in [2.45, 2.75) is 62.5 Å². The fourth-order valence-corrected chi connectivity index (χ4v) is 10.3. The van der Waals surface area contributed by atoms with E-state index in [-0.39, 0.29) is 28.7 Å². The number of amides is 2. The fourth-order valence-electron chi connectivity index (χ4n) is 7.25. The first-order valence-electron chi connectivity index (χ1n) is 20.9. The van der Waals surface area contributed by atoms with Gasteiger partial charge in [-0.25, -0.2) is 9.78 Å². The number of thiazole rings is 1. The van der Waals surface area contributed by atoms with Crippen LogP contribution in [-0.2, 0) is 40.5 Å². The van der Waals surface area contributed by atoms with Crippen LogP contribution in [-0.4, -0.2) is 79.7 Å². The number of aromatic nitrogens is 1. The monoisotopic (exact) mass is 915 g/mol. The van der Waals surface area contributed by atoms with Crippen molar-refractivity contribution in [2.75, 3.05) is 31.9 Å². The Hall–Kier alpha value is -6.00. The summed E-state index contributed by atoms with van der Waals surface area (Å²) in [5.41, 5.74) is 3.77. The van der Waals surface area contributed by atoms with E-state index in [1.54, 1.807) is 24.6 Å². The Morgan fingerprint density at radius 1 is 0.891 bits per heavy atom. The zero-order valence-corrected chi connectivity index (χ0v) is 39.6. The summed E-state index contributed by atoms with van der Waals surface area (Å²) >= 11 is 2.75. The largest absolute Gasteiger partial charge is 0.497 e. The summed E-state index contributed by atoms with van der Waals surface area (Å²) < 4.78 is 17.4. The second-order valence-electron chi connectivity index (χ2n) is 16.8. The summed E-state index contributed by atoms with van der Waals surface area (Å²) in [6, 6.07) is 36.6. The lowest BCUT2D eigenvalue weighted by atomic mass is 9.77. The molecule has 1 saturated heterocycles. The third kappa shape index (κ3) is 9.72. The van der Waals surface area contributed by atoms with Gasteiger partial charge in [-0.05, 0) is 58.1 Å². The van der Waals surface area contributed by atoms with Gasteiger partial charge in [0.15, 0.2) is 19.2 Å². The normalized spacial score (nSPS) is 16.8. The minimum atomic E-state index is -2.03. The number of carbonyl (C=O) groups excluding carboxylic acids is 3. The maximum atomic E-state index is 14.1. The lowest BCUT2D eigenvalue weighted by molar-refractivity contribution is -0.153. The summed E-state index contributed by atoms with van der Waals surface area (Å²) in [4.78, 5) is 53.6. The molecular weight excluding hydrogens is 863 g/mol. The van der Waals surface area contributed by atoms with Crippen molar-refractivity contribution < 1.29 is 33.1 Å². The van der Waals surface area contributed by atoms with Crippen LogP contribution in [0.4, 0.5) is 5.13 Å². The van der Waals surface area contributed by atoms with Gasteiger partial charge in [0.25, 0.3) is 11.8 Å². The van der Waals surface area contributed by atoms with E-state index in [9.17, 15) is 14.4 Å². The van der Waals surface area contributed by atoms with Gasteiger partial charge in [-0.2, -0.15) is 0 Å². The molecule has 0 spiro atoms. The van der Waals surface area contributed by atoms with Crippen LogP contribution >= 0.6 is 23.1 Å². The second-order valence-corrected chi connectivity index (χ2v) is 23.5. The van der Waals surface area contributed by atoms with Crippen LogP contribution in [0.1, 0.15) is 48.7 Å². The lowest BCUT2D eigenvalue weighted by Crippen LogP contribution is -2.71. The van der Waals surface area contributed by atoms with E-state index < -0.39 is 43.1 Å². The van der Waals surface area contributed by atoms with Gasteiger partial charge in [-0.1, -0.05) is 141 Å². The first-order valence-corrected chi connectivity index (χ1v) is 25.7. The Morgan fingerprint density at radius 3 is 2.03 bits per heavy atom. The molecule has 7 rings (SSSR count). The van der Waals surface area contributed by atoms with Crippen LogP contribution in [0.2, 0.25) is 18.1 Å². The Balaban J connectivity index is 1.12. The molecule has 2 N–H and O–H groups in total. The van der Waals surface area contributed by atoms with Gasteiger partial charge in [0.2, 0.25) is 0 Å². The minimum Gasteiger partial charge on any atom is -0.497 e. The molecule has 64 heavy (non-hydrogen) atoms. The molecule has 1 unspecified atom stereocenters. The summed E-state index contributed by atoms with van der Waals surface area (Å²) in [6.45, 7) is 11.2. The molecule has 1 aromatic heterocycles. The maximum Gasteiger partial charge on any atom is 0.355 e. The Kier molecular flexibility index (Phi) is 14.2. The SMILES string of the molecule is CO/N=C(/C(=O)NC1C(=O)N2C(C(=O)OCc3ccc(OC)cc3)=C(/C=C\CO[Si](C)(C)C(C)(C)C)CS[C@H]12)c1csc(NC(c2ccccc2)(c2ccccc2)c2ccccc2)n1. The number of oxime groups is 1. The van der Waals surface area contributed by atoms with Crippen molar-refractivity contribution in [1.82, 2.24) is 15.2 Å². The van der Waals surface area contributed by atoms with E-state index >= 15 is 0 Å². The van der Waals surface area contributed by atoms with Gasteiger partial charge in [-0.15, -0.1) is 23.1 Å². The number of thioether (sulfide) groups is 1. The zero-order valence-electron chi connectivity index (χ0n) is 37.0. The second kappa shape index (κ2) is 19.8. The number of hydrogen-bond donors (Lipinski definition) is 2. The van der Waals surface area contributed by atoms with E-state index in [2.05, 4.69) is 86.1 Å². The maximum absolute atomic E-state index is 14.1. The van der Waals surface area contributed by atoms with E-state index in [0.717, 1.165) is 22.3 Å². The molecule has 12 nitrogen and oxygen atoms in total. The van der Waals surface area contributed by atoms with Crippen LogP contribution in [0.25, 0.3) is 0 Å². The first-order chi connectivity index (χ1) is 30.8. The van der Waals surface area contributed by atoms with Crippen LogP contribution < -0.4 is 15.4 Å². The number of methoxy groups -OCH3 is 1. The van der Waals surface area contributed by atoms with Crippen LogP contribution in [0.5, 0.6) is 5.75 Å². The Labute approximate surface area is 383 Å². The molecule has 332 valence electrons. The van der Waals surface area contributed by atoms with Gasteiger partial charge in [0, 0.05) is 11.1 Å². The molecule has 2 amide bonds. The van der Waals surface area contributed by atoms with Gasteiger partial charge >= 0.3 is 5.97 Å². The summed E-state index contributed by atoms with van der Waals surface area (Å²) in [5, 5.41) is 12.4. The Bertz CT molecular complexity index is 2430. The lowest BCUT2D eigenvalue weighted by Gasteiger charge is -2.49. The quantitative estimate of drug-likeness (QED) is 0.0232. The van der Waals surface area contributed by atoms with Gasteiger partial charge in [0.05, 0.1) is 13.7 Å². The van der Waals surface area contributed by atoms with E-state index in [0.29, 0.717) is 28.8 Å². The molecule has 2 atom stereocenters. The number of rotatable bonds is 17. The number of allylic oxidation sites excluding steroid dienone is 1. The van der Waals surface area contributed by atoms with E-state index in [1.165, 1.54) is 35.1 Å². The molecular formula is C49H53N5O7S2Si. The predicted octanol–water partition coefficient (Wildman–Crippen LogP) is 8.88. The molecule has 15 heteroatoms. The van der Waals surface area contributed by atoms with E-state index in [4.69, 9.17) is 23.7 Å². The molecule has 1 fully saturated rings. The molecule has 2 aliphatic rings. The first kappa shape index (κ1) is 46.0. The molecule has 2 aliphatic heterocycles. The van der Waals surface area contributed by atoms with Crippen molar-refractivity contribution in [2.24, 2.45) is 5.16 Å². The summed E-state index contributed by atoms with van der Waals surface area (Å²) in [6.07, 6.45) is 3.71. The molecule has 0 radical (unpaired) electrons. The highest BCUT2D eigenvalue weighted by atomic mass is 32.2. The Morgan fingerprint density at radius 2 is 1.48 bits per heavy atom. The topological polar surface area (TPSA) is 141 Å². The average molecular weight is 916 g/mol. The number of hydrogen-bond acceptors (Lipinski definition) is 12. The number of carbonyl (C=O) groups is 3. The molecule has 0 aliphatic carbocycles. The predicted molar refractivity (Wildman–Crippen MR) is 256 cm³/mol. The third-order valence-electron chi connectivity index (χ3n) is 11.7. The molecule has 0 saturated carbocycles. The van der Waals surface area contributed by atoms with Gasteiger partial charge in [-0.3, -0.25) is 14.5 Å². The highest BCUT2D eigenvalue weighted by Crippen LogP contribution is 2.43. The highest BCUT2D eigenvalue weighted by molar-refractivity contribution is 8.00. The number of ether oxygens (including phenoxy) is 2. The third-order valence-corrected chi connectivity index (χ3v) is 18.3. The van der Waals surface area contributed by atoms with Crippen molar-refractivity contribution in [3.05, 3.63) is 172 Å². The number of nitrogens with one attached hydrogen (secondary N) is 2. The van der Waals surface area contributed by atoms with E-state index in [1.807, 2.05) is 78.9 Å². The molecule has 3 heterocycles. The number of nitrogens with zero attached hydrogens (tertiary/aromatic N) is 3. The minimum absolute atomic E-state index is 0.0116. The van der Waals surface area contributed by atoms with Crippen molar-refractivity contribution in [3.8, 4) is 5.75 Å². The van der Waals surface area contributed by atoms with Crippen molar-refractivity contribution in [1.29, 1.82) is 0 Å². The highest BCUT2D eigenvalue weighted by Gasteiger charge is 2.54. The van der Waals surface area contributed by atoms with Gasteiger partial charge < -0.3 is 29.4 Å². The van der Waals surface area contributed by atoms with Crippen molar-refractivity contribution >= 4 is 60.0 Å². The summed E-state index contributed by atoms with van der Waals surface area (Å²) in [5.74, 6) is -0.694. The number of fused-ring (bicyclic) bond motifs is 1. The number of esters is 1. The molecule has 0 bridgehead atoms. The van der Waals surface area contributed by atoms with Crippen LogP contribution in [0, 0.1) is 0 Å². The number of benzene rings is 4. The molecule has 5 aromatic rings. The summed E-state index contributed by atoms with van der Waals surface area (Å²) in [7, 11) is 0.895. The smallest absolute Gasteiger partial charge is 0.355 e.